The summed E-state index contributed by atoms with van der Waals surface area (Å²) in [5.41, 5.74) is 1.73. The third-order valence-corrected chi connectivity index (χ3v) is 3.64. The van der Waals surface area contributed by atoms with Crippen LogP contribution in [0.1, 0.15) is 50.4 Å². The molecule has 0 spiro atoms. The van der Waals surface area contributed by atoms with Gasteiger partial charge in [0.25, 0.3) is 0 Å². The lowest BCUT2D eigenvalue weighted by Gasteiger charge is -2.19. The van der Waals surface area contributed by atoms with E-state index in [1.165, 1.54) is 6.42 Å². The first-order chi connectivity index (χ1) is 9.02. The fourth-order valence-electron chi connectivity index (χ4n) is 2.68. The van der Waals surface area contributed by atoms with E-state index in [0.29, 0.717) is 23.6 Å². The van der Waals surface area contributed by atoms with Crippen LogP contribution in [0.25, 0.3) is 0 Å². The van der Waals surface area contributed by atoms with Gasteiger partial charge in [0.1, 0.15) is 0 Å². The lowest BCUT2D eigenvalue weighted by atomic mass is 9.92. The smallest absolute Gasteiger partial charge is 0.340 e. The predicted molar refractivity (Wildman–Crippen MR) is 75.2 cm³/mol. The largest absolute Gasteiger partial charge is 0.462 e. The second-order valence-corrected chi connectivity index (χ2v) is 5.89. The molecule has 1 atom stereocenters. The standard InChI is InChI=1S/C15H22N2O2/c1-4-19-14(18)12-6-8-16-10-13(12)17-11-5-7-15(2,3)9-11/h6,8,10-11,17H,4-5,7,9H2,1-3H3. The molecule has 1 aliphatic rings. The number of ether oxygens (including phenoxy) is 1. The van der Waals surface area contributed by atoms with Crippen molar-refractivity contribution in [3.63, 3.8) is 0 Å². The number of carbonyl (C=O) groups excluding carboxylic acids is 1. The van der Waals surface area contributed by atoms with Gasteiger partial charge in [-0.2, -0.15) is 0 Å². The fourth-order valence-corrected chi connectivity index (χ4v) is 2.68. The third kappa shape index (κ3) is 3.46. The molecule has 1 fully saturated rings. The highest BCUT2D eigenvalue weighted by atomic mass is 16.5. The van der Waals surface area contributed by atoms with Crippen LogP contribution < -0.4 is 5.32 Å². The van der Waals surface area contributed by atoms with E-state index in [-0.39, 0.29) is 5.97 Å². The van der Waals surface area contributed by atoms with Crippen molar-refractivity contribution in [3.8, 4) is 0 Å². The molecule has 1 aromatic rings. The van der Waals surface area contributed by atoms with Gasteiger partial charge < -0.3 is 10.1 Å². The molecule has 1 aromatic heterocycles. The average molecular weight is 262 g/mol. The van der Waals surface area contributed by atoms with Crippen molar-refractivity contribution in [2.45, 2.75) is 46.1 Å². The van der Waals surface area contributed by atoms with E-state index in [4.69, 9.17) is 4.74 Å². The van der Waals surface area contributed by atoms with Crippen LogP contribution in [0.5, 0.6) is 0 Å². The Morgan fingerprint density at radius 3 is 3.00 bits per heavy atom. The van der Waals surface area contributed by atoms with Crippen LogP contribution >= 0.6 is 0 Å². The van der Waals surface area contributed by atoms with Gasteiger partial charge in [-0.15, -0.1) is 0 Å². The Morgan fingerprint density at radius 1 is 1.58 bits per heavy atom. The molecule has 1 heterocycles. The van der Waals surface area contributed by atoms with E-state index in [0.717, 1.165) is 18.5 Å². The van der Waals surface area contributed by atoms with Gasteiger partial charge in [-0.1, -0.05) is 13.8 Å². The summed E-state index contributed by atoms with van der Waals surface area (Å²) in [5, 5.41) is 3.44. The Bertz CT molecular complexity index is 457. The Morgan fingerprint density at radius 2 is 2.37 bits per heavy atom. The van der Waals surface area contributed by atoms with Crippen molar-refractivity contribution >= 4 is 11.7 Å². The maximum Gasteiger partial charge on any atom is 0.340 e. The zero-order valence-electron chi connectivity index (χ0n) is 11.9. The summed E-state index contributed by atoms with van der Waals surface area (Å²) in [4.78, 5) is 16.0. The predicted octanol–water partition coefficient (Wildman–Crippen LogP) is 3.25. The SMILES string of the molecule is CCOC(=O)c1ccncc1NC1CCC(C)(C)C1. The van der Waals surface area contributed by atoms with Crippen LogP contribution in [0.2, 0.25) is 0 Å². The van der Waals surface area contributed by atoms with Crippen molar-refractivity contribution < 1.29 is 9.53 Å². The molecule has 1 N–H and O–H groups in total. The molecular weight excluding hydrogens is 240 g/mol. The number of aromatic nitrogens is 1. The van der Waals surface area contributed by atoms with Gasteiger partial charge in [-0.3, -0.25) is 4.98 Å². The van der Waals surface area contributed by atoms with Crippen molar-refractivity contribution in [2.75, 3.05) is 11.9 Å². The summed E-state index contributed by atoms with van der Waals surface area (Å²) in [5.74, 6) is -0.287. The van der Waals surface area contributed by atoms with Crippen LogP contribution in [-0.4, -0.2) is 23.6 Å². The molecule has 0 amide bonds. The molecule has 0 radical (unpaired) electrons. The molecule has 2 rings (SSSR count). The molecule has 1 saturated carbocycles. The van der Waals surface area contributed by atoms with Crippen LogP contribution in [0.15, 0.2) is 18.5 Å². The highest BCUT2D eigenvalue weighted by Crippen LogP contribution is 2.38. The van der Waals surface area contributed by atoms with Crippen LogP contribution in [0.4, 0.5) is 5.69 Å². The zero-order chi connectivity index (χ0) is 13.9. The minimum Gasteiger partial charge on any atom is -0.462 e. The van der Waals surface area contributed by atoms with Crippen molar-refractivity contribution in [3.05, 3.63) is 24.0 Å². The molecule has 0 aromatic carbocycles. The molecule has 1 unspecified atom stereocenters. The van der Waals surface area contributed by atoms with Crippen LogP contribution in [0, 0.1) is 5.41 Å². The molecule has 0 bridgehead atoms. The van der Waals surface area contributed by atoms with E-state index in [1.54, 1.807) is 18.5 Å². The number of carbonyl (C=O) groups is 1. The lowest BCUT2D eigenvalue weighted by molar-refractivity contribution is 0.0527. The number of pyridine rings is 1. The number of hydrogen-bond acceptors (Lipinski definition) is 4. The van der Waals surface area contributed by atoms with Crippen LogP contribution in [0.3, 0.4) is 0 Å². The molecule has 104 valence electrons. The summed E-state index contributed by atoms with van der Waals surface area (Å²) >= 11 is 0. The van der Waals surface area contributed by atoms with E-state index in [2.05, 4.69) is 24.1 Å². The lowest BCUT2D eigenvalue weighted by Crippen LogP contribution is -2.20. The number of rotatable bonds is 4. The average Bonchev–Trinajstić information content (AvgIpc) is 2.69. The van der Waals surface area contributed by atoms with Crippen LogP contribution in [-0.2, 0) is 4.74 Å². The fraction of sp³-hybridized carbons (Fsp3) is 0.600. The monoisotopic (exact) mass is 262 g/mol. The number of nitrogens with one attached hydrogen (secondary N) is 1. The molecular formula is C15H22N2O2. The van der Waals surface area contributed by atoms with Gasteiger partial charge in [-0.05, 0) is 37.7 Å². The van der Waals surface area contributed by atoms with Gasteiger partial charge in [0.2, 0.25) is 0 Å². The van der Waals surface area contributed by atoms with E-state index in [1.807, 2.05) is 6.92 Å². The quantitative estimate of drug-likeness (QED) is 0.846. The number of hydrogen-bond donors (Lipinski definition) is 1. The maximum atomic E-state index is 11.9. The molecule has 1 aliphatic carbocycles. The van der Waals surface area contributed by atoms with Gasteiger partial charge in [0, 0.05) is 12.2 Å². The topological polar surface area (TPSA) is 51.2 Å². The molecule has 0 aliphatic heterocycles. The third-order valence-electron chi connectivity index (χ3n) is 3.64. The van der Waals surface area contributed by atoms with Gasteiger partial charge in [-0.25, -0.2) is 4.79 Å². The summed E-state index contributed by atoms with van der Waals surface area (Å²) in [6.45, 7) is 6.76. The number of anilines is 1. The van der Waals surface area contributed by atoms with Gasteiger partial charge in [0.05, 0.1) is 24.1 Å². The van der Waals surface area contributed by atoms with Crippen molar-refractivity contribution in [2.24, 2.45) is 5.41 Å². The normalized spacial score (nSPS) is 21.1. The first-order valence-electron chi connectivity index (χ1n) is 6.89. The van der Waals surface area contributed by atoms with Gasteiger partial charge in [0.15, 0.2) is 0 Å². The van der Waals surface area contributed by atoms with E-state index < -0.39 is 0 Å². The second kappa shape index (κ2) is 5.59. The number of nitrogens with zero attached hydrogens (tertiary/aromatic N) is 1. The molecule has 4 nitrogen and oxygen atoms in total. The minimum atomic E-state index is -0.287. The van der Waals surface area contributed by atoms with Crippen molar-refractivity contribution in [1.29, 1.82) is 0 Å². The maximum absolute atomic E-state index is 11.9. The number of esters is 1. The minimum absolute atomic E-state index is 0.287. The Kier molecular flexibility index (Phi) is 4.08. The summed E-state index contributed by atoms with van der Waals surface area (Å²) < 4.78 is 5.07. The highest BCUT2D eigenvalue weighted by molar-refractivity contribution is 5.95. The van der Waals surface area contributed by atoms with E-state index >= 15 is 0 Å². The Balaban J connectivity index is 2.10. The first kappa shape index (κ1) is 13.8. The zero-order valence-corrected chi connectivity index (χ0v) is 11.9. The molecule has 4 heteroatoms. The summed E-state index contributed by atoms with van der Waals surface area (Å²) in [6, 6.07) is 2.12. The van der Waals surface area contributed by atoms with E-state index in [9.17, 15) is 4.79 Å². The first-order valence-corrected chi connectivity index (χ1v) is 6.89. The molecule has 19 heavy (non-hydrogen) atoms. The second-order valence-electron chi connectivity index (χ2n) is 5.89. The Labute approximate surface area is 114 Å². The molecule has 0 saturated heterocycles. The van der Waals surface area contributed by atoms with Crippen molar-refractivity contribution in [1.82, 2.24) is 4.98 Å². The summed E-state index contributed by atoms with van der Waals surface area (Å²) in [6.07, 6.45) is 6.78. The highest BCUT2D eigenvalue weighted by Gasteiger charge is 2.31. The summed E-state index contributed by atoms with van der Waals surface area (Å²) in [7, 11) is 0. The Hall–Kier alpha value is -1.58. The van der Waals surface area contributed by atoms with Gasteiger partial charge >= 0.3 is 5.97 Å².